The fourth-order valence-electron chi connectivity index (χ4n) is 2.64. The maximum Gasteiger partial charge on any atom is 0.0618 e. The van der Waals surface area contributed by atoms with E-state index in [1.165, 1.54) is 25.7 Å². The van der Waals surface area contributed by atoms with Crippen LogP contribution >= 0.6 is 0 Å². The number of ether oxygens (including phenoxy) is 1. The van der Waals surface area contributed by atoms with Crippen LogP contribution in [0.25, 0.3) is 0 Å². The zero-order chi connectivity index (χ0) is 11.3. The minimum atomic E-state index is 0.391. The van der Waals surface area contributed by atoms with Crippen LogP contribution in [-0.2, 0) is 4.74 Å². The molecule has 1 saturated carbocycles. The molecule has 0 amide bonds. The van der Waals surface area contributed by atoms with Crippen LogP contribution in [0.2, 0.25) is 0 Å². The highest BCUT2D eigenvalue weighted by Gasteiger charge is 2.26. The van der Waals surface area contributed by atoms with Crippen molar-refractivity contribution in [1.29, 1.82) is 0 Å². The molecule has 1 aliphatic rings. The predicted molar refractivity (Wildman–Crippen MR) is 64.8 cm³/mol. The molecular weight excluding hydrogens is 186 g/mol. The fraction of sp³-hybridized carbons (Fsp3) is 1.00. The van der Waals surface area contributed by atoms with Crippen molar-refractivity contribution in [3.8, 4) is 0 Å². The van der Waals surface area contributed by atoms with Crippen molar-refractivity contribution in [2.75, 3.05) is 6.54 Å². The lowest BCUT2D eigenvalue weighted by Crippen LogP contribution is -2.35. The van der Waals surface area contributed by atoms with Crippen molar-refractivity contribution < 1.29 is 4.74 Å². The summed E-state index contributed by atoms with van der Waals surface area (Å²) in [5.41, 5.74) is 5.79. The monoisotopic (exact) mass is 213 g/mol. The molecule has 1 rings (SSSR count). The quantitative estimate of drug-likeness (QED) is 0.762. The molecule has 2 heteroatoms. The maximum atomic E-state index is 6.13. The minimum absolute atomic E-state index is 0.391. The Kier molecular flexibility index (Phi) is 5.62. The molecule has 90 valence electrons. The van der Waals surface area contributed by atoms with Crippen LogP contribution in [0.15, 0.2) is 0 Å². The van der Waals surface area contributed by atoms with E-state index in [1.807, 2.05) is 0 Å². The molecule has 3 atom stereocenters. The Balaban J connectivity index is 2.33. The van der Waals surface area contributed by atoms with Crippen molar-refractivity contribution in [3.63, 3.8) is 0 Å². The molecular formula is C13H27NO. The average Bonchev–Trinajstić information content (AvgIpc) is 2.17. The highest BCUT2D eigenvalue weighted by Crippen LogP contribution is 2.27. The van der Waals surface area contributed by atoms with E-state index in [2.05, 4.69) is 20.8 Å². The largest absolute Gasteiger partial charge is 0.375 e. The molecule has 0 aromatic heterocycles. The first-order chi connectivity index (χ1) is 7.13. The topological polar surface area (TPSA) is 35.2 Å². The highest BCUT2D eigenvalue weighted by molar-refractivity contribution is 4.77. The summed E-state index contributed by atoms with van der Waals surface area (Å²) in [5.74, 6) is 1.33. The van der Waals surface area contributed by atoms with E-state index < -0.39 is 0 Å². The predicted octanol–water partition coefficient (Wildman–Crippen LogP) is 2.96. The third-order valence-electron chi connectivity index (χ3n) is 3.35. The molecule has 0 bridgehead atoms. The van der Waals surface area contributed by atoms with Gasteiger partial charge < -0.3 is 10.5 Å². The number of rotatable bonds is 5. The SMILES string of the molecule is CC(C)CC(C)OC1CCCCC1CN. The molecule has 1 fully saturated rings. The Hall–Kier alpha value is -0.0800. The Labute approximate surface area is 94.6 Å². The molecule has 2 nitrogen and oxygen atoms in total. The minimum Gasteiger partial charge on any atom is -0.375 e. The third-order valence-corrected chi connectivity index (χ3v) is 3.35. The van der Waals surface area contributed by atoms with Gasteiger partial charge in [-0.2, -0.15) is 0 Å². The van der Waals surface area contributed by atoms with Gasteiger partial charge in [0.25, 0.3) is 0 Å². The first-order valence-corrected chi connectivity index (χ1v) is 6.49. The van der Waals surface area contributed by atoms with E-state index in [4.69, 9.17) is 10.5 Å². The lowest BCUT2D eigenvalue weighted by Gasteiger charge is -2.33. The summed E-state index contributed by atoms with van der Waals surface area (Å²) in [7, 11) is 0. The second-order valence-electron chi connectivity index (χ2n) is 5.39. The van der Waals surface area contributed by atoms with Gasteiger partial charge in [-0.3, -0.25) is 0 Å². The Bertz CT molecular complexity index is 170. The van der Waals surface area contributed by atoms with Crippen molar-refractivity contribution in [2.24, 2.45) is 17.6 Å². The van der Waals surface area contributed by atoms with Crippen molar-refractivity contribution >= 4 is 0 Å². The lowest BCUT2D eigenvalue weighted by molar-refractivity contribution is -0.0566. The van der Waals surface area contributed by atoms with E-state index in [-0.39, 0.29) is 0 Å². The normalized spacial score (nSPS) is 29.4. The molecule has 0 heterocycles. The summed E-state index contributed by atoms with van der Waals surface area (Å²) < 4.78 is 6.13. The number of nitrogens with two attached hydrogens (primary N) is 1. The van der Waals surface area contributed by atoms with Crippen LogP contribution < -0.4 is 5.73 Å². The summed E-state index contributed by atoms with van der Waals surface area (Å²) in [5, 5.41) is 0. The smallest absolute Gasteiger partial charge is 0.0618 e. The first-order valence-electron chi connectivity index (χ1n) is 6.49. The molecule has 0 aromatic rings. The molecule has 0 aromatic carbocycles. The summed E-state index contributed by atoms with van der Waals surface area (Å²) in [6.07, 6.45) is 7.10. The van der Waals surface area contributed by atoms with Crippen LogP contribution in [0.4, 0.5) is 0 Å². The van der Waals surface area contributed by atoms with Crippen LogP contribution in [-0.4, -0.2) is 18.8 Å². The third kappa shape index (κ3) is 4.52. The molecule has 3 unspecified atom stereocenters. The number of hydrogen-bond acceptors (Lipinski definition) is 2. The second-order valence-corrected chi connectivity index (χ2v) is 5.39. The summed E-state index contributed by atoms with van der Waals surface area (Å²) in [6.45, 7) is 7.49. The molecule has 2 N–H and O–H groups in total. The molecule has 0 aliphatic heterocycles. The van der Waals surface area contributed by atoms with E-state index in [9.17, 15) is 0 Å². The Morgan fingerprint density at radius 1 is 1.20 bits per heavy atom. The molecule has 15 heavy (non-hydrogen) atoms. The molecule has 1 aliphatic carbocycles. The van der Waals surface area contributed by atoms with E-state index in [0.717, 1.165) is 18.9 Å². The van der Waals surface area contributed by atoms with Gasteiger partial charge in [0.2, 0.25) is 0 Å². The van der Waals surface area contributed by atoms with Crippen LogP contribution in [0.1, 0.15) is 52.9 Å². The van der Waals surface area contributed by atoms with Gasteiger partial charge in [0.1, 0.15) is 0 Å². The summed E-state index contributed by atoms with van der Waals surface area (Å²) in [4.78, 5) is 0. The van der Waals surface area contributed by atoms with Gasteiger partial charge in [-0.1, -0.05) is 26.7 Å². The van der Waals surface area contributed by atoms with Crippen molar-refractivity contribution in [2.45, 2.75) is 65.1 Å². The van der Waals surface area contributed by atoms with Gasteiger partial charge in [-0.15, -0.1) is 0 Å². The van der Waals surface area contributed by atoms with Gasteiger partial charge in [-0.25, -0.2) is 0 Å². The van der Waals surface area contributed by atoms with Crippen LogP contribution in [0, 0.1) is 11.8 Å². The van der Waals surface area contributed by atoms with Crippen LogP contribution in [0.3, 0.4) is 0 Å². The first kappa shape index (κ1) is 13.0. The highest BCUT2D eigenvalue weighted by atomic mass is 16.5. The van der Waals surface area contributed by atoms with E-state index in [0.29, 0.717) is 18.1 Å². The van der Waals surface area contributed by atoms with E-state index in [1.54, 1.807) is 0 Å². The van der Waals surface area contributed by atoms with Crippen LogP contribution in [0.5, 0.6) is 0 Å². The Morgan fingerprint density at radius 3 is 2.47 bits per heavy atom. The fourth-order valence-corrected chi connectivity index (χ4v) is 2.64. The lowest BCUT2D eigenvalue weighted by atomic mass is 9.86. The maximum absolute atomic E-state index is 6.13. The summed E-state index contributed by atoms with van der Waals surface area (Å²) in [6, 6.07) is 0. The van der Waals surface area contributed by atoms with Gasteiger partial charge in [-0.05, 0) is 44.6 Å². The standard InChI is InChI=1S/C13H27NO/c1-10(2)8-11(3)15-13-7-5-4-6-12(13)9-14/h10-13H,4-9,14H2,1-3H3. The second kappa shape index (κ2) is 6.49. The Morgan fingerprint density at radius 2 is 1.87 bits per heavy atom. The number of hydrogen-bond donors (Lipinski definition) is 1. The average molecular weight is 213 g/mol. The molecule has 0 saturated heterocycles. The zero-order valence-corrected chi connectivity index (χ0v) is 10.5. The van der Waals surface area contributed by atoms with Crippen molar-refractivity contribution in [3.05, 3.63) is 0 Å². The summed E-state index contributed by atoms with van der Waals surface area (Å²) >= 11 is 0. The molecule has 0 spiro atoms. The van der Waals surface area contributed by atoms with Crippen molar-refractivity contribution in [1.82, 2.24) is 0 Å². The van der Waals surface area contributed by atoms with Gasteiger partial charge in [0.15, 0.2) is 0 Å². The van der Waals surface area contributed by atoms with Gasteiger partial charge in [0, 0.05) is 0 Å². The van der Waals surface area contributed by atoms with Gasteiger partial charge >= 0.3 is 0 Å². The van der Waals surface area contributed by atoms with E-state index >= 15 is 0 Å². The van der Waals surface area contributed by atoms with Gasteiger partial charge in [0.05, 0.1) is 12.2 Å². The zero-order valence-electron chi connectivity index (χ0n) is 10.5. The molecule has 0 radical (unpaired) electrons.